The van der Waals surface area contributed by atoms with Gasteiger partial charge in [0.25, 0.3) is 0 Å². The van der Waals surface area contributed by atoms with Crippen molar-refractivity contribution in [3.05, 3.63) is 191 Å². The van der Waals surface area contributed by atoms with Gasteiger partial charge in [-0.2, -0.15) is 0 Å². The Kier molecular flexibility index (Phi) is 10.1. The van der Waals surface area contributed by atoms with Gasteiger partial charge in [-0.05, 0) is 177 Å². The highest BCUT2D eigenvalue weighted by molar-refractivity contribution is 9.10. The molecule has 0 heterocycles. The van der Waals surface area contributed by atoms with Crippen molar-refractivity contribution in [1.82, 2.24) is 0 Å². The Hall–Kier alpha value is -6.54. The van der Waals surface area contributed by atoms with Crippen molar-refractivity contribution in [3.63, 3.8) is 0 Å². The molecular formula is C70H63Br. The van der Waals surface area contributed by atoms with Crippen molar-refractivity contribution >= 4 is 48.2 Å². The highest BCUT2D eigenvalue weighted by Crippen LogP contribution is 2.65. The molecule has 0 N–H and O–H groups in total. The van der Waals surface area contributed by atoms with Crippen molar-refractivity contribution in [2.45, 2.75) is 105 Å². The average Bonchev–Trinajstić information content (AvgIpc) is 3.83. The van der Waals surface area contributed by atoms with Crippen LogP contribution in [0.2, 0.25) is 0 Å². The van der Waals surface area contributed by atoms with Gasteiger partial charge in [-0.3, -0.25) is 0 Å². The first kappa shape index (κ1) is 45.6. The Labute approximate surface area is 430 Å². The summed E-state index contributed by atoms with van der Waals surface area (Å²) in [5.41, 5.74) is 26.1. The lowest BCUT2D eigenvalue weighted by atomic mass is 9.75. The summed E-state index contributed by atoms with van der Waals surface area (Å²) in [5.74, 6) is 0. The maximum Gasteiger partial charge on any atom is 0.0181 e. The average molecular weight is 984 g/mol. The molecular weight excluding hydrogens is 921 g/mol. The SMILES string of the molecule is CC(C)(C)c1cc(-c2c3c(c(-c4cc(C(C)(C)C)cc(C(C)(C)C)c4)c4ccccc24)-c2ccc4c5c(ccc-3c25)-c2c-4c(-c3ccccc3)c3cc(Br)ccc3c2-c2ccccc2)cc(C(C)(C)C)c1. The third-order valence-corrected chi connectivity index (χ3v) is 16.2. The Morgan fingerprint density at radius 3 is 0.887 bits per heavy atom. The second-order valence-corrected chi connectivity index (χ2v) is 25.6. The molecule has 0 aromatic heterocycles. The molecule has 0 atom stereocenters. The molecule has 2 aliphatic rings. The Morgan fingerprint density at radius 2 is 0.549 bits per heavy atom. The Morgan fingerprint density at radius 1 is 0.254 bits per heavy atom. The standard InChI is InChI=1S/C70H63Br/c1-67(2,3)44-33-42(34-45(37-44)68(4,5)6)59-49-25-19-20-26-50(49)60(43-35-46(69(7,8)9)38-47(36-43)70(10,11)12)66-55-32-30-53-61-52(29-31-54(62(55)61)65(59)66)63-57(40-21-15-13-16-22-40)51-28-27-48(71)39-56(51)58(64(53)63)41-23-17-14-18-24-41/h13-39H,1-12H3. The Bertz CT molecular complexity index is 3680. The van der Waals surface area contributed by atoms with Crippen LogP contribution in [0.5, 0.6) is 0 Å². The molecule has 12 rings (SSSR count). The van der Waals surface area contributed by atoms with E-state index in [2.05, 4.69) is 263 Å². The Balaban J connectivity index is 1.28. The predicted molar refractivity (Wildman–Crippen MR) is 312 cm³/mol. The summed E-state index contributed by atoms with van der Waals surface area (Å²) in [4.78, 5) is 0. The minimum atomic E-state index is -0.0466. The largest absolute Gasteiger partial charge is 0.0622 e. The summed E-state index contributed by atoms with van der Waals surface area (Å²) in [5, 5.41) is 7.82. The molecule has 0 spiro atoms. The van der Waals surface area contributed by atoms with E-state index < -0.39 is 0 Å². The van der Waals surface area contributed by atoms with E-state index in [9.17, 15) is 0 Å². The van der Waals surface area contributed by atoms with Crippen molar-refractivity contribution < 1.29 is 0 Å². The number of fused-ring (bicyclic) bond motifs is 8. The van der Waals surface area contributed by atoms with E-state index >= 15 is 0 Å². The van der Waals surface area contributed by atoms with Crippen molar-refractivity contribution in [2.24, 2.45) is 0 Å². The van der Waals surface area contributed by atoms with E-state index in [1.165, 1.54) is 144 Å². The first-order valence-electron chi connectivity index (χ1n) is 25.6. The molecule has 0 amide bonds. The second-order valence-electron chi connectivity index (χ2n) is 24.6. The molecule has 71 heavy (non-hydrogen) atoms. The van der Waals surface area contributed by atoms with E-state index in [1.54, 1.807) is 0 Å². The molecule has 350 valence electrons. The van der Waals surface area contributed by atoms with E-state index in [0.717, 1.165) is 4.47 Å². The van der Waals surface area contributed by atoms with Gasteiger partial charge in [-0.1, -0.05) is 251 Å². The van der Waals surface area contributed by atoms with Crippen molar-refractivity contribution in [1.29, 1.82) is 0 Å². The molecule has 0 unspecified atom stereocenters. The van der Waals surface area contributed by atoms with Crippen LogP contribution in [0.4, 0.5) is 0 Å². The molecule has 0 radical (unpaired) electrons. The zero-order chi connectivity index (χ0) is 49.7. The van der Waals surface area contributed by atoms with Crippen LogP contribution in [0.15, 0.2) is 168 Å². The zero-order valence-corrected chi connectivity index (χ0v) is 45.1. The summed E-state index contributed by atoms with van der Waals surface area (Å²) < 4.78 is 1.08. The smallest absolute Gasteiger partial charge is 0.0181 e. The summed E-state index contributed by atoms with van der Waals surface area (Å²) in [6.07, 6.45) is 0. The second kappa shape index (κ2) is 15.7. The first-order chi connectivity index (χ1) is 33.7. The van der Waals surface area contributed by atoms with Gasteiger partial charge in [0, 0.05) is 4.47 Å². The first-order valence-corrected chi connectivity index (χ1v) is 26.4. The number of halogens is 1. The van der Waals surface area contributed by atoms with Gasteiger partial charge in [0.1, 0.15) is 0 Å². The monoisotopic (exact) mass is 982 g/mol. The van der Waals surface area contributed by atoms with Gasteiger partial charge in [0.2, 0.25) is 0 Å². The van der Waals surface area contributed by atoms with E-state index in [-0.39, 0.29) is 21.7 Å². The summed E-state index contributed by atoms with van der Waals surface area (Å²) in [7, 11) is 0. The lowest BCUT2D eigenvalue weighted by Gasteiger charge is -2.29. The van der Waals surface area contributed by atoms with Crippen LogP contribution in [0.3, 0.4) is 0 Å². The molecule has 10 aromatic carbocycles. The topological polar surface area (TPSA) is 0 Å². The van der Waals surface area contributed by atoms with Gasteiger partial charge >= 0.3 is 0 Å². The molecule has 0 saturated carbocycles. The summed E-state index contributed by atoms with van der Waals surface area (Å²) in [6, 6.07) is 63.4. The van der Waals surface area contributed by atoms with Crippen molar-refractivity contribution in [2.75, 3.05) is 0 Å². The van der Waals surface area contributed by atoms with Crippen molar-refractivity contribution in [3.8, 4) is 89.0 Å². The van der Waals surface area contributed by atoms with Gasteiger partial charge in [-0.25, -0.2) is 0 Å². The third kappa shape index (κ3) is 7.12. The van der Waals surface area contributed by atoms with E-state index in [1.807, 2.05) is 0 Å². The lowest BCUT2D eigenvalue weighted by molar-refractivity contribution is 0.568. The minimum Gasteiger partial charge on any atom is -0.0622 e. The van der Waals surface area contributed by atoms with Crippen LogP contribution < -0.4 is 0 Å². The molecule has 0 nitrogen and oxygen atoms in total. The summed E-state index contributed by atoms with van der Waals surface area (Å²) >= 11 is 3.93. The fraction of sp³-hybridized carbons (Fsp3) is 0.229. The fourth-order valence-corrected chi connectivity index (χ4v) is 12.4. The van der Waals surface area contributed by atoms with Crippen LogP contribution in [0.1, 0.15) is 105 Å². The molecule has 0 bridgehead atoms. The number of rotatable bonds is 4. The van der Waals surface area contributed by atoms with Crippen LogP contribution in [0, 0.1) is 0 Å². The number of hydrogen-bond donors (Lipinski definition) is 0. The molecule has 2 aliphatic carbocycles. The van der Waals surface area contributed by atoms with Gasteiger partial charge in [0.05, 0.1) is 0 Å². The normalized spacial score (nSPS) is 13.1. The predicted octanol–water partition coefficient (Wildman–Crippen LogP) is 21.1. The molecule has 1 heteroatoms. The van der Waals surface area contributed by atoms with E-state index in [0.29, 0.717) is 0 Å². The molecule has 0 fully saturated rings. The summed E-state index contributed by atoms with van der Waals surface area (Å²) in [6.45, 7) is 28.4. The van der Waals surface area contributed by atoms with Crippen LogP contribution >= 0.6 is 15.9 Å². The van der Waals surface area contributed by atoms with Gasteiger partial charge in [-0.15, -0.1) is 0 Å². The van der Waals surface area contributed by atoms with Crippen LogP contribution in [0.25, 0.3) is 121 Å². The minimum absolute atomic E-state index is 0.0466. The molecule has 10 aromatic rings. The highest BCUT2D eigenvalue weighted by atomic mass is 79.9. The van der Waals surface area contributed by atoms with Gasteiger partial charge < -0.3 is 0 Å². The highest BCUT2D eigenvalue weighted by Gasteiger charge is 2.38. The van der Waals surface area contributed by atoms with Gasteiger partial charge in [0.15, 0.2) is 0 Å². The van der Waals surface area contributed by atoms with Crippen LogP contribution in [-0.4, -0.2) is 0 Å². The van der Waals surface area contributed by atoms with E-state index in [4.69, 9.17) is 0 Å². The molecule has 0 aliphatic heterocycles. The lowest BCUT2D eigenvalue weighted by Crippen LogP contribution is -2.17. The maximum atomic E-state index is 3.93. The maximum absolute atomic E-state index is 3.93. The van der Waals surface area contributed by atoms with Crippen LogP contribution in [-0.2, 0) is 21.7 Å². The number of hydrogen-bond acceptors (Lipinski definition) is 0. The number of benzene rings is 10. The molecule has 0 saturated heterocycles. The quantitative estimate of drug-likeness (QED) is 0.165. The third-order valence-electron chi connectivity index (χ3n) is 15.8. The zero-order valence-electron chi connectivity index (χ0n) is 43.5. The fourth-order valence-electron chi connectivity index (χ4n) is 12.0.